The fourth-order valence-corrected chi connectivity index (χ4v) is 2.98. The molecule has 5 heteroatoms. The smallest absolute Gasteiger partial charge is 0.303 e. The largest absolute Gasteiger partial charge is 0.494 e. The van der Waals surface area contributed by atoms with Gasteiger partial charge in [0, 0.05) is 6.42 Å². The predicted octanol–water partition coefficient (Wildman–Crippen LogP) is 7.25. The Balaban J connectivity index is 1.72. The summed E-state index contributed by atoms with van der Waals surface area (Å²) in [5.74, 6) is -0.104. The van der Waals surface area contributed by atoms with Crippen LogP contribution in [0.3, 0.4) is 0 Å². The van der Waals surface area contributed by atoms with Gasteiger partial charge < -0.3 is 9.84 Å². The van der Waals surface area contributed by atoms with Gasteiger partial charge in [0.1, 0.15) is 5.75 Å². The molecule has 29 heavy (non-hydrogen) atoms. The van der Waals surface area contributed by atoms with Crippen LogP contribution in [0.5, 0.6) is 5.75 Å². The van der Waals surface area contributed by atoms with Crippen LogP contribution >= 0.6 is 0 Å². The zero-order chi connectivity index (χ0) is 20.7. The highest BCUT2D eigenvalue weighted by Gasteiger charge is 1.99. The highest BCUT2D eigenvalue weighted by molar-refractivity contribution is 5.66. The normalized spacial score (nSPS) is 11.1. The summed E-state index contributed by atoms with van der Waals surface area (Å²) in [5, 5.41) is 17.2. The van der Waals surface area contributed by atoms with E-state index in [2.05, 4.69) is 29.3 Å². The van der Waals surface area contributed by atoms with Crippen LogP contribution in [0, 0.1) is 0 Å². The van der Waals surface area contributed by atoms with Crippen LogP contribution in [0.25, 0.3) is 0 Å². The minimum absolute atomic E-state index is 0.115. The summed E-state index contributed by atoms with van der Waals surface area (Å²) in [6.07, 6.45) is 9.62. The van der Waals surface area contributed by atoms with Crippen molar-refractivity contribution in [2.45, 2.75) is 64.7 Å². The zero-order valence-corrected chi connectivity index (χ0v) is 17.3. The maximum atomic E-state index is 10.5. The standard InChI is InChI=1S/C24H32N2O3/c1-2-3-4-5-6-7-9-20-11-13-21(14-12-20)25-26-22-15-17-23(18-16-22)29-19-8-10-24(27)28/h11-18H,2-10,19H2,1H3,(H,27,28). The number of azo groups is 1. The molecular weight excluding hydrogens is 364 g/mol. The van der Waals surface area contributed by atoms with Crippen molar-refractivity contribution < 1.29 is 14.6 Å². The number of aryl methyl sites for hydroxylation is 1. The minimum atomic E-state index is -0.806. The molecule has 0 radical (unpaired) electrons. The van der Waals surface area contributed by atoms with Gasteiger partial charge in [0.15, 0.2) is 0 Å². The Morgan fingerprint density at radius 1 is 0.828 bits per heavy atom. The van der Waals surface area contributed by atoms with Crippen LogP contribution in [0.1, 0.15) is 63.9 Å². The first-order valence-corrected chi connectivity index (χ1v) is 10.6. The number of carboxylic acids is 1. The monoisotopic (exact) mass is 396 g/mol. The van der Waals surface area contributed by atoms with E-state index in [0.717, 1.165) is 17.8 Å². The lowest BCUT2D eigenvalue weighted by atomic mass is 10.0. The average Bonchev–Trinajstić information content (AvgIpc) is 2.74. The van der Waals surface area contributed by atoms with E-state index in [1.807, 2.05) is 36.4 Å². The zero-order valence-electron chi connectivity index (χ0n) is 17.3. The number of unbranched alkanes of at least 4 members (excludes halogenated alkanes) is 5. The van der Waals surface area contributed by atoms with Gasteiger partial charge >= 0.3 is 5.97 Å². The molecule has 0 fully saturated rings. The van der Waals surface area contributed by atoms with Gasteiger partial charge in [-0.15, -0.1) is 0 Å². The van der Waals surface area contributed by atoms with Crippen molar-refractivity contribution in [2.75, 3.05) is 6.61 Å². The van der Waals surface area contributed by atoms with Gasteiger partial charge in [-0.1, -0.05) is 51.2 Å². The number of carbonyl (C=O) groups is 1. The van der Waals surface area contributed by atoms with Crippen LogP contribution < -0.4 is 4.74 Å². The van der Waals surface area contributed by atoms with E-state index in [-0.39, 0.29) is 6.42 Å². The van der Waals surface area contributed by atoms with Gasteiger partial charge in [-0.25, -0.2) is 0 Å². The van der Waals surface area contributed by atoms with Crippen LogP contribution in [-0.2, 0) is 11.2 Å². The van der Waals surface area contributed by atoms with E-state index in [0.29, 0.717) is 18.8 Å². The number of ether oxygens (including phenoxy) is 1. The molecule has 0 amide bonds. The Bertz CT molecular complexity index is 740. The molecule has 0 aromatic heterocycles. The molecule has 156 valence electrons. The topological polar surface area (TPSA) is 71.2 Å². The summed E-state index contributed by atoms with van der Waals surface area (Å²) in [5.41, 5.74) is 2.94. The summed E-state index contributed by atoms with van der Waals surface area (Å²) in [6.45, 7) is 2.63. The third-order valence-electron chi connectivity index (χ3n) is 4.68. The molecule has 1 N–H and O–H groups in total. The predicted molar refractivity (Wildman–Crippen MR) is 117 cm³/mol. The summed E-state index contributed by atoms with van der Waals surface area (Å²) in [6, 6.07) is 15.6. The fourth-order valence-electron chi connectivity index (χ4n) is 2.98. The second kappa shape index (κ2) is 13.5. The highest BCUT2D eigenvalue weighted by Crippen LogP contribution is 2.22. The molecule has 0 saturated heterocycles. The molecule has 0 aliphatic carbocycles. The quantitative estimate of drug-likeness (QED) is 0.270. The summed E-state index contributed by atoms with van der Waals surface area (Å²) in [7, 11) is 0. The molecule has 5 nitrogen and oxygen atoms in total. The maximum absolute atomic E-state index is 10.5. The molecule has 2 aromatic carbocycles. The molecule has 0 bridgehead atoms. The second-order valence-electron chi connectivity index (χ2n) is 7.22. The molecule has 0 spiro atoms. The van der Waals surface area contributed by atoms with E-state index in [1.54, 1.807) is 0 Å². The number of hydrogen-bond donors (Lipinski definition) is 1. The molecule has 2 aromatic rings. The van der Waals surface area contributed by atoms with E-state index in [9.17, 15) is 4.79 Å². The number of benzene rings is 2. The molecule has 0 unspecified atom stereocenters. The summed E-state index contributed by atoms with van der Waals surface area (Å²) in [4.78, 5) is 10.5. The lowest BCUT2D eigenvalue weighted by Crippen LogP contribution is -2.01. The third kappa shape index (κ3) is 9.88. The van der Waals surface area contributed by atoms with E-state index in [4.69, 9.17) is 9.84 Å². The van der Waals surface area contributed by atoms with Crippen molar-refractivity contribution in [3.8, 4) is 5.75 Å². The van der Waals surface area contributed by atoms with Crippen molar-refractivity contribution in [3.63, 3.8) is 0 Å². The first-order chi connectivity index (χ1) is 14.2. The minimum Gasteiger partial charge on any atom is -0.494 e. The molecule has 0 aliphatic heterocycles. The van der Waals surface area contributed by atoms with Crippen molar-refractivity contribution in [1.29, 1.82) is 0 Å². The summed E-state index contributed by atoms with van der Waals surface area (Å²) < 4.78 is 5.51. The van der Waals surface area contributed by atoms with Crippen molar-refractivity contribution in [1.82, 2.24) is 0 Å². The average molecular weight is 397 g/mol. The molecule has 0 heterocycles. The van der Waals surface area contributed by atoms with Gasteiger partial charge in [-0.2, -0.15) is 10.2 Å². The van der Waals surface area contributed by atoms with Crippen molar-refractivity contribution in [2.24, 2.45) is 10.2 Å². The first-order valence-electron chi connectivity index (χ1n) is 10.6. The van der Waals surface area contributed by atoms with Crippen molar-refractivity contribution >= 4 is 17.3 Å². The Labute approximate surface area is 173 Å². The van der Waals surface area contributed by atoms with Gasteiger partial charge in [-0.3, -0.25) is 4.79 Å². The number of rotatable bonds is 14. The number of carboxylic acid groups (broad SMARTS) is 1. The third-order valence-corrected chi connectivity index (χ3v) is 4.68. The second-order valence-corrected chi connectivity index (χ2v) is 7.22. The Kier molecular flexibility index (Phi) is 10.5. The first kappa shape index (κ1) is 22.6. The van der Waals surface area contributed by atoms with E-state index >= 15 is 0 Å². The SMILES string of the molecule is CCCCCCCCc1ccc(N=Nc2ccc(OCCCC(=O)O)cc2)cc1. The van der Waals surface area contributed by atoms with Gasteiger partial charge in [0.2, 0.25) is 0 Å². The lowest BCUT2D eigenvalue weighted by molar-refractivity contribution is -0.137. The van der Waals surface area contributed by atoms with Gasteiger partial charge in [-0.05, 0) is 61.2 Å². The molecule has 2 rings (SSSR count). The van der Waals surface area contributed by atoms with E-state index < -0.39 is 5.97 Å². The Morgan fingerprint density at radius 2 is 1.41 bits per heavy atom. The van der Waals surface area contributed by atoms with Gasteiger partial charge in [0.05, 0.1) is 18.0 Å². The van der Waals surface area contributed by atoms with Crippen LogP contribution in [-0.4, -0.2) is 17.7 Å². The molecule has 0 aliphatic rings. The van der Waals surface area contributed by atoms with Crippen LogP contribution in [0.15, 0.2) is 58.8 Å². The van der Waals surface area contributed by atoms with Crippen LogP contribution in [0.2, 0.25) is 0 Å². The molecule has 0 atom stereocenters. The van der Waals surface area contributed by atoms with Gasteiger partial charge in [0.25, 0.3) is 0 Å². The number of hydrogen-bond acceptors (Lipinski definition) is 4. The Hall–Kier alpha value is -2.69. The van der Waals surface area contributed by atoms with Crippen LogP contribution in [0.4, 0.5) is 11.4 Å². The Morgan fingerprint density at radius 3 is 2.03 bits per heavy atom. The maximum Gasteiger partial charge on any atom is 0.303 e. The number of nitrogens with zero attached hydrogens (tertiary/aromatic N) is 2. The highest BCUT2D eigenvalue weighted by atomic mass is 16.5. The molecule has 0 saturated carbocycles. The van der Waals surface area contributed by atoms with E-state index in [1.165, 1.54) is 44.1 Å². The lowest BCUT2D eigenvalue weighted by Gasteiger charge is -2.05. The summed E-state index contributed by atoms with van der Waals surface area (Å²) >= 11 is 0. The molecular formula is C24H32N2O3. The fraction of sp³-hybridized carbons (Fsp3) is 0.458. The number of aliphatic carboxylic acids is 1. The van der Waals surface area contributed by atoms with Crippen molar-refractivity contribution in [3.05, 3.63) is 54.1 Å².